The van der Waals surface area contributed by atoms with Gasteiger partial charge in [0.05, 0.1) is 22.6 Å². The van der Waals surface area contributed by atoms with Gasteiger partial charge >= 0.3 is 11.9 Å². The molecule has 0 spiro atoms. The van der Waals surface area contributed by atoms with Crippen LogP contribution in [-0.2, 0) is 30.7 Å². The number of sulfonamides is 1. The van der Waals surface area contributed by atoms with Crippen LogP contribution in [0.2, 0.25) is 0 Å². The van der Waals surface area contributed by atoms with Gasteiger partial charge in [-0.2, -0.15) is 0 Å². The molecule has 0 aliphatic rings. The molecule has 1 heterocycles. The molecule has 1 amide bonds. The number of ether oxygens (including phenoxy) is 2. The Morgan fingerprint density at radius 1 is 1.10 bits per heavy atom. The first-order valence-corrected chi connectivity index (χ1v) is 11.7. The highest BCUT2D eigenvalue weighted by atomic mass is 32.2. The van der Waals surface area contributed by atoms with E-state index < -0.39 is 34.5 Å². The minimum absolute atomic E-state index is 0.0171. The number of thiophene rings is 1. The first-order chi connectivity index (χ1) is 14.6. The van der Waals surface area contributed by atoms with E-state index in [9.17, 15) is 22.8 Å². The molecule has 0 fully saturated rings. The van der Waals surface area contributed by atoms with Crippen LogP contribution in [0, 0.1) is 6.92 Å². The van der Waals surface area contributed by atoms with Gasteiger partial charge in [-0.25, -0.2) is 22.7 Å². The number of anilines is 1. The molecule has 0 atom stereocenters. The highest BCUT2D eigenvalue weighted by Crippen LogP contribution is 2.34. The van der Waals surface area contributed by atoms with Crippen molar-refractivity contribution in [3.63, 3.8) is 0 Å². The predicted octanol–water partition coefficient (Wildman–Crippen LogP) is 2.50. The lowest BCUT2D eigenvalue weighted by atomic mass is 10.1. The molecule has 0 unspecified atom stereocenters. The Labute approximate surface area is 184 Å². The molecule has 2 rings (SSSR count). The summed E-state index contributed by atoms with van der Waals surface area (Å²) in [5.74, 6) is -2.03. The summed E-state index contributed by atoms with van der Waals surface area (Å²) < 4.78 is 36.0. The summed E-state index contributed by atoms with van der Waals surface area (Å²) in [4.78, 5) is 37.7. The molecular formula is C20H24N2O7S2. The van der Waals surface area contributed by atoms with Gasteiger partial charge in [0.2, 0.25) is 10.0 Å². The number of aryl methyl sites for hydroxylation is 1. The zero-order valence-corrected chi connectivity index (χ0v) is 19.2. The molecule has 0 saturated carbocycles. The van der Waals surface area contributed by atoms with Gasteiger partial charge in [0, 0.05) is 4.88 Å². The van der Waals surface area contributed by atoms with Gasteiger partial charge in [0.25, 0.3) is 5.91 Å². The van der Waals surface area contributed by atoms with Crippen LogP contribution in [0.15, 0.2) is 29.2 Å². The van der Waals surface area contributed by atoms with E-state index in [2.05, 4.69) is 10.0 Å². The number of benzene rings is 1. The van der Waals surface area contributed by atoms with Gasteiger partial charge < -0.3 is 14.8 Å². The van der Waals surface area contributed by atoms with E-state index in [1.807, 2.05) is 6.92 Å². The Balaban J connectivity index is 2.10. The van der Waals surface area contributed by atoms with Gasteiger partial charge in [0.15, 0.2) is 6.61 Å². The van der Waals surface area contributed by atoms with Crippen LogP contribution >= 0.6 is 11.3 Å². The maximum absolute atomic E-state index is 12.3. The highest BCUT2D eigenvalue weighted by molar-refractivity contribution is 7.89. The molecule has 0 radical (unpaired) electrons. The fourth-order valence-electron chi connectivity index (χ4n) is 2.72. The molecule has 9 nitrogen and oxygen atoms in total. The molecule has 0 aliphatic heterocycles. The number of rotatable bonds is 9. The van der Waals surface area contributed by atoms with Gasteiger partial charge in [-0.15, -0.1) is 11.3 Å². The fraction of sp³-hybridized carbons (Fsp3) is 0.350. The Kier molecular flexibility index (Phi) is 8.31. The molecule has 1 aromatic heterocycles. The Morgan fingerprint density at radius 2 is 1.81 bits per heavy atom. The first-order valence-electron chi connectivity index (χ1n) is 9.44. The minimum atomic E-state index is -3.73. The third kappa shape index (κ3) is 5.90. The molecule has 11 heteroatoms. The Hall–Kier alpha value is -2.76. The third-order valence-electron chi connectivity index (χ3n) is 4.28. The minimum Gasteiger partial charge on any atom is -0.462 e. The van der Waals surface area contributed by atoms with E-state index in [1.54, 1.807) is 13.8 Å². The summed E-state index contributed by atoms with van der Waals surface area (Å²) in [6.45, 7) is 4.99. The summed E-state index contributed by atoms with van der Waals surface area (Å²) >= 11 is 1.26. The van der Waals surface area contributed by atoms with Crippen molar-refractivity contribution in [3.05, 3.63) is 45.8 Å². The van der Waals surface area contributed by atoms with Crippen LogP contribution < -0.4 is 10.0 Å². The molecule has 1 aromatic carbocycles. The summed E-state index contributed by atoms with van der Waals surface area (Å²) in [5.41, 5.74) is 1.01. The van der Waals surface area contributed by atoms with Gasteiger partial charge in [-0.05, 0) is 51.1 Å². The Morgan fingerprint density at radius 3 is 2.42 bits per heavy atom. The predicted molar refractivity (Wildman–Crippen MR) is 116 cm³/mol. The third-order valence-corrected chi connectivity index (χ3v) is 7.05. The zero-order chi connectivity index (χ0) is 23.2. The second-order valence-corrected chi connectivity index (χ2v) is 9.28. The molecule has 31 heavy (non-hydrogen) atoms. The molecule has 0 bridgehead atoms. The molecule has 0 aliphatic carbocycles. The topological polar surface area (TPSA) is 128 Å². The number of carbonyl (C=O) groups is 3. The van der Waals surface area contributed by atoms with E-state index in [0.717, 1.165) is 16.5 Å². The lowest BCUT2D eigenvalue weighted by molar-refractivity contribution is -0.119. The van der Waals surface area contributed by atoms with Gasteiger partial charge in [0.1, 0.15) is 5.00 Å². The van der Waals surface area contributed by atoms with E-state index in [4.69, 9.17) is 9.47 Å². The van der Waals surface area contributed by atoms with Crippen LogP contribution in [0.25, 0.3) is 0 Å². The average Bonchev–Trinajstić information content (AvgIpc) is 3.07. The van der Waals surface area contributed by atoms with Crippen molar-refractivity contribution in [2.24, 2.45) is 0 Å². The number of nitrogens with one attached hydrogen (secondary N) is 2. The van der Waals surface area contributed by atoms with E-state index in [1.165, 1.54) is 36.6 Å². The van der Waals surface area contributed by atoms with Crippen LogP contribution in [0.3, 0.4) is 0 Å². The molecular weight excluding hydrogens is 444 g/mol. The van der Waals surface area contributed by atoms with Crippen LogP contribution in [0.5, 0.6) is 0 Å². The normalized spacial score (nSPS) is 11.1. The summed E-state index contributed by atoms with van der Waals surface area (Å²) in [5, 5.41) is 2.92. The van der Waals surface area contributed by atoms with E-state index in [-0.39, 0.29) is 22.6 Å². The quantitative estimate of drug-likeness (QED) is 0.541. The highest BCUT2D eigenvalue weighted by Gasteiger charge is 2.23. The van der Waals surface area contributed by atoms with Crippen molar-refractivity contribution < 1.29 is 32.3 Å². The number of amides is 1. The summed E-state index contributed by atoms with van der Waals surface area (Å²) in [6, 6.07) is 5.26. The molecule has 0 saturated heterocycles. The molecule has 2 N–H and O–H groups in total. The van der Waals surface area contributed by atoms with Crippen molar-refractivity contribution >= 4 is 44.2 Å². The lowest BCUT2D eigenvalue weighted by Crippen LogP contribution is -2.22. The standard InChI is InChI=1S/C20H24N2O7S2/c1-5-15-12(3)17(20(25)28-6-2)18(30-15)22-16(23)11-29-19(24)13-8-7-9-14(10-13)31(26,27)21-4/h7-10,21H,5-6,11H2,1-4H3,(H,22,23). The van der Waals surface area contributed by atoms with Gasteiger partial charge in [-0.3, -0.25) is 4.79 Å². The average molecular weight is 469 g/mol. The molecule has 2 aromatic rings. The number of esters is 2. The number of hydrogen-bond donors (Lipinski definition) is 2. The maximum Gasteiger partial charge on any atom is 0.341 e. The van der Waals surface area contributed by atoms with Crippen LogP contribution in [0.1, 0.15) is 45.0 Å². The second kappa shape index (κ2) is 10.5. The summed E-state index contributed by atoms with van der Waals surface area (Å²) in [7, 11) is -2.47. The van der Waals surface area contributed by atoms with Crippen LogP contribution in [0.4, 0.5) is 5.00 Å². The van der Waals surface area contributed by atoms with E-state index in [0.29, 0.717) is 11.4 Å². The molecule has 168 valence electrons. The lowest BCUT2D eigenvalue weighted by Gasteiger charge is -2.09. The SMILES string of the molecule is CCOC(=O)c1c(NC(=O)COC(=O)c2cccc(S(=O)(=O)NC)c2)sc(CC)c1C. The first kappa shape index (κ1) is 24.5. The van der Waals surface area contributed by atoms with Crippen molar-refractivity contribution in [3.8, 4) is 0 Å². The number of carbonyl (C=O) groups excluding carboxylic acids is 3. The smallest absolute Gasteiger partial charge is 0.341 e. The van der Waals surface area contributed by atoms with Gasteiger partial charge in [-0.1, -0.05) is 13.0 Å². The monoisotopic (exact) mass is 468 g/mol. The van der Waals surface area contributed by atoms with Crippen molar-refractivity contribution in [2.45, 2.75) is 32.1 Å². The van der Waals surface area contributed by atoms with Crippen molar-refractivity contribution in [1.29, 1.82) is 0 Å². The maximum atomic E-state index is 12.3. The number of hydrogen-bond acceptors (Lipinski definition) is 8. The Bertz CT molecular complexity index is 1090. The summed E-state index contributed by atoms with van der Waals surface area (Å²) in [6.07, 6.45) is 0.680. The fourth-order valence-corrected chi connectivity index (χ4v) is 4.64. The van der Waals surface area contributed by atoms with Crippen LogP contribution in [-0.4, -0.2) is 46.5 Å². The zero-order valence-electron chi connectivity index (χ0n) is 17.6. The van der Waals surface area contributed by atoms with Crippen molar-refractivity contribution in [1.82, 2.24) is 4.72 Å². The largest absolute Gasteiger partial charge is 0.462 e. The van der Waals surface area contributed by atoms with E-state index >= 15 is 0 Å². The second-order valence-electron chi connectivity index (χ2n) is 6.29. The van der Waals surface area contributed by atoms with Crippen molar-refractivity contribution in [2.75, 3.05) is 25.6 Å².